The van der Waals surface area contributed by atoms with Gasteiger partial charge in [0.1, 0.15) is 11.1 Å². The number of carbonyl (C=O) groups is 2. The number of ether oxygens (including phenoxy) is 2. The van der Waals surface area contributed by atoms with Gasteiger partial charge in [0.15, 0.2) is 0 Å². The fourth-order valence-electron chi connectivity index (χ4n) is 1.93. The van der Waals surface area contributed by atoms with Gasteiger partial charge in [-0.3, -0.25) is 4.79 Å². The Morgan fingerprint density at radius 3 is 1.60 bits per heavy atom. The Morgan fingerprint density at radius 1 is 0.950 bits per heavy atom. The van der Waals surface area contributed by atoms with Gasteiger partial charge in [-0.2, -0.15) is 0 Å². The van der Waals surface area contributed by atoms with Crippen LogP contribution in [0.4, 0.5) is 0 Å². The standard InChI is InChI=1S/C14H19NO5/c1-6-19-13(17)10-8(3)15(5)9(4)11(12(10)16)14(18)20-7-2/h6-7H2,1-5H3. The quantitative estimate of drug-likeness (QED) is 0.779. The van der Waals surface area contributed by atoms with Crippen LogP contribution in [0.25, 0.3) is 0 Å². The molecule has 0 bridgehead atoms. The molecular formula is C14H19NO5. The Balaban J connectivity index is 3.59. The van der Waals surface area contributed by atoms with Crippen LogP contribution in [0.3, 0.4) is 0 Å². The van der Waals surface area contributed by atoms with Gasteiger partial charge in [-0.25, -0.2) is 9.59 Å². The molecule has 0 aromatic carbocycles. The molecule has 0 spiro atoms. The Morgan fingerprint density at radius 2 is 1.30 bits per heavy atom. The predicted molar refractivity (Wildman–Crippen MR) is 73.1 cm³/mol. The maximum atomic E-state index is 12.4. The summed E-state index contributed by atoms with van der Waals surface area (Å²) in [5.74, 6) is -1.45. The van der Waals surface area contributed by atoms with E-state index in [0.717, 1.165) is 0 Å². The molecule has 0 fully saturated rings. The van der Waals surface area contributed by atoms with Gasteiger partial charge >= 0.3 is 11.9 Å². The molecule has 0 N–H and O–H groups in total. The molecule has 0 amide bonds. The third kappa shape index (κ3) is 2.74. The first kappa shape index (κ1) is 15.9. The summed E-state index contributed by atoms with van der Waals surface area (Å²) in [6.45, 7) is 6.88. The van der Waals surface area contributed by atoms with Crippen molar-refractivity contribution in [1.82, 2.24) is 4.57 Å². The summed E-state index contributed by atoms with van der Waals surface area (Å²) in [5, 5.41) is 0. The highest BCUT2D eigenvalue weighted by molar-refractivity contribution is 5.96. The Bertz CT molecular complexity index is 552. The zero-order valence-corrected chi connectivity index (χ0v) is 12.4. The monoisotopic (exact) mass is 281 g/mol. The van der Waals surface area contributed by atoms with Crippen LogP contribution in [-0.4, -0.2) is 29.7 Å². The van der Waals surface area contributed by atoms with Crippen molar-refractivity contribution in [2.75, 3.05) is 13.2 Å². The highest BCUT2D eigenvalue weighted by Gasteiger charge is 2.26. The Labute approximate surface area is 117 Å². The lowest BCUT2D eigenvalue weighted by Gasteiger charge is -2.16. The number of esters is 2. The van der Waals surface area contributed by atoms with Gasteiger partial charge in [-0.15, -0.1) is 0 Å². The zero-order chi connectivity index (χ0) is 15.4. The highest BCUT2D eigenvalue weighted by atomic mass is 16.5. The first-order valence-corrected chi connectivity index (χ1v) is 6.41. The van der Waals surface area contributed by atoms with Gasteiger partial charge < -0.3 is 14.0 Å². The SMILES string of the molecule is CCOC(=O)c1c(C)n(C)c(C)c(C(=O)OCC)c1=O. The molecule has 1 heterocycles. The molecule has 6 heteroatoms. The molecule has 0 aliphatic rings. The summed E-state index contributed by atoms with van der Waals surface area (Å²) < 4.78 is 11.4. The molecule has 0 atom stereocenters. The minimum atomic E-state index is -0.726. The number of aromatic nitrogens is 1. The van der Waals surface area contributed by atoms with Crippen molar-refractivity contribution >= 4 is 11.9 Å². The molecule has 0 saturated carbocycles. The molecule has 0 radical (unpaired) electrons. The summed E-state index contributed by atoms with van der Waals surface area (Å²) in [6.07, 6.45) is 0. The van der Waals surface area contributed by atoms with Crippen molar-refractivity contribution in [3.8, 4) is 0 Å². The van der Waals surface area contributed by atoms with E-state index in [-0.39, 0.29) is 24.3 Å². The van der Waals surface area contributed by atoms with Crippen LogP contribution in [0, 0.1) is 13.8 Å². The van der Waals surface area contributed by atoms with E-state index in [4.69, 9.17) is 9.47 Å². The minimum Gasteiger partial charge on any atom is -0.462 e. The Kier molecular flexibility index (Phi) is 5.07. The van der Waals surface area contributed by atoms with Crippen molar-refractivity contribution in [1.29, 1.82) is 0 Å². The maximum absolute atomic E-state index is 12.4. The van der Waals surface area contributed by atoms with E-state index < -0.39 is 17.4 Å². The van der Waals surface area contributed by atoms with Crippen molar-refractivity contribution in [3.05, 3.63) is 32.7 Å². The van der Waals surface area contributed by atoms with Gasteiger partial charge in [0, 0.05) is 18.4 Å². The van der Waals surface area contributed by atoms with Crippen molar-refractivity contribution in [2.24, 2.45) is 7.05 Å². The summed E-state index contributed by atoms with van der Waals surface area (Å²) in [5.41, 5.74) is 0.0269. The van der Waals surface area contributed by atoms with Crippen molar-refractivity contribution in [2.45, 2.75) is 27.7 Å². The lowest BCUT2D eigenvalue weighted by molar-refractivity contribution is 0.0519. The second-order valence-electron chi connectivity index (χ2n) is 4.25. The van der Waals surface area contributed by atoms with E-state index in [1.54, 1.807) is 39.3 Å². The van der Waals surface area contributed by atoms with Crippen LogP contribution in [-0.2, 0) is 16.5 Å². The fourth-order valence-corrected chi connectivity index (χ4v) is 1.93. The summed E-state index contributed by atoms with van der Waals surface area (Å²) in [7, 11) is 1.68. The minimum absolute atomic E-state index is 0.122. The average molecular weight is 281 g/mol. The number of hydrogen-bond donors (Lipinski definition) is 0. The van der Waals surface area contributed by atoms with E-state index in [0.29, 0.717) is 11.4 Å². The molecule has 1 rings (SSSR count). The van der Waals surface area contributed by atoms with Crippen LogP contribution in [0.1, 0.15) is 46.0 Å². The van der Waals surface area contributed by atoms with Crippen LogP contribution in [0.15, 0.2) is 4.79 Å². The van der Waals surface area contributed by atoms with E-state index in [1.165, 1.54) is 0 Å². The summed E-state index contributed by atoms with van der Waals surface area (Å²) in [6, 6.07) is 0. The van der Waals surface area contributed by atoms with Crippen LogP contribution in [0.5, 0.6) is 0 Å². The smallest absolute Gasteiger partial charge is 0.343 e. The van der Waals surface area contributed by atoms with Gasteiger partial charge in [-0.1, -0.05) is 0 Å². The number of pyridine rings is 1. The number of hydrogen-bond acceptors (Lipinski definition) is 5. The average Bonchev–Trinajstić information content (AvgIpc) is 2.37. The number of nitrogens with zero attached hydrogens (tertiary/aromatic N) is 1. The molecule has 0 aliphatic heterocycles. The topological polar surface area (TPSA) is 74.6 Å². The van der Waals surface area contributed by atoms with Gasteiger partial charge in [0.2, 0.25) is 5.43 Å². The van der Waals surface area contributed by atoms with Crippen LogP contribution >= 0.6 is 0 Å². The molecule has 6 nitrogen and oxygen atoms in total. The van der Waals surface area contributed by atoms with E-state index in [2.05, 4.69) is 0 Å². The lowest BCUT2D eigenvalue weighted by atomic mass is 10.1. The van der Waals surface area contributed by atoms with Gasteiger partial charge in [0.05, 0.1) is 13.2 Å². The van der Waals surface area contributed by atoms with Gasteiger partial charge in [0.25, 0.3) is 0 Å². The Hall–Kier alpha value is -2.11. The number of carbonyl (C=O) groups excluding carboxylic acids is 2. The first-order chi connectivity index (χ1) is 9.36. The molecular weight excluding hydrogens is 262 g/mol. The maximum Gasteiger partial charge on any atom is 0.343 e. The second-order valence-corrected chi connectivity index (χ2v) is 4.25. The molecule has 1 aromatic rings. The molecule has 0 aliphatic carbocycles. The second kappa shape index (κ2) is 6.36. The van der Waals surface area contributed by atoms with Crippen molar-refractivity contribution in [3.63, 3.8) is 0 Å². The van der Waals surface area contributed by atoms with Crippen LogP contribution in [0.2, 0.25) is 0 Å². The molecule has 0 unspecified atom stereocenters. The lowest BCUT2D eigenvalue weighted by Crippen LogP contribution is -2.30. The highest BCUT2D eigenvalue weighted by Crippen LogP contribution is 2.12. The molecule has 20 heavy (non-hydrogen) atoms. The predicted octanol–water partition coefficient (Wildman–Crippen LogP) is 1.36. The summed E-state index contributed by atoms with van der Waals surface area (Å²) >= 11 is 0. The largest absolute Gasteiger partial charge is 0.462 e. The van der Waals surface area contributed by atoms with E-state index in [9.17, 15) is 14.4 Å². The molecule has 110 valence electrons. The van der Waals surface area contributed by atoms with Gasteiger partial charge in [-0.05, 0) is 27.7 Å². The van der Waals surface area contributed by atoms with Crippen molar-refractivity contribution < 1.29 is 19.1 Å². The van der Waals surface area contributed by atoms with E-state index in [1.807, 2.05) is 0 Å². The van der Waals surface area contributed by atoms with E-state index >= 15 is 0 Å². The normalized spacial score (nSPS) is 10.2. The number of rotatable bonds is 4. The molecule has 0 saturated heterocycles. The third-order valence-corrected chi connectivity index (χ3v) is 3.14. The summed E-state index contributed by atoms with van der Waals surface area (Å²) in [4.78, 5) is 36.2. The first-order valence-electron chi connectivity index (χ1n) is 6.41. The fraction of sp³-hybridized carbons (Fsp3) is 0.500. The molecule has 1 aromatic heterocycles. The third-order valence-electron chi connectivity index (χ3n) is 3.14. The van der Waals surface area contributed by atoms with Crippen LogP contribution < -0.4 is 5.43 Å². The zero-order valence-electron chi connectivity index (χ0n) is 12.4.